The molecule has 1 saturated heterocycles. The van der Waals surface area contributed by atoms with E-state index in [-0.39, 0.29) is 30.4 Å². The molecule has 64 heavy (non-hydrogen) atoms. The lowest BCUT2D eigenvalue weighted by atomic mass is 9.95. The molecule has 0 spiro atoms. The molecule has 10 nitrogen and oxygen atoms in total. The van der Waals surface area contributed by atoms with Gasteiger partial charge in [0.25, 0.3) is 0 Å². The molecule has 0 bridgehead atoms. The highest BCUT2D eigenvalue weighted by molar-refractivity contribution is 8.00. The average molecular weight is 921 g/mol. The molecule has 12 heteroatoms. The number of carbonyl (C=O) groups excluding carboxylic acids is 1. The summed E-state index contributed by atoms with van der Waals surface area (Å²) >= 11 is 5.91. The summed E-state index contributed by atoms with van der Waals surface area (Å²) in [5.41, 5.74) is 0.873. The van der Waals surface area contributed by atoms with E-state index in [1.165, 1.54) is 49.8 Å². The number of esters is 1. The number of hydrogen-bond donors (Lipinski definition) is 6. The largest absolute Gasteiger partial charge is 0.478 e. The SMILES string of the molecule is C1CCC2OC2C1.CO.CO[C@H]1CCCC[C@@H]1O.O=C(O)c1ccccc1.O=C(O[C@H]1CCCC[C@@H]1O)c1ccccc1.O[C@H]1CCCC[C@@H]1Sc1ccccc1.Sc1ccccc1. The first kappa shape index (κ1) is 54.6. The molecular weight excluding hydrogens is 849 g/mol. The van der Waals surface area contributed by atoms with Gasteiger partial charge in [-0.2, -0.15) is 0 Å². The molecule has 1 heterocycles. The molecule has 0 aromatic heterocycles. The van der Waals surface area contributed by atoms with Gasteiger partial charge in [-0.25, -0.2) is 9.59 Å². The summed E-state index contributed by atoms with van der Waals surface area (Å²) in [6.07, 6.45) is 18.3. The highest BCUT2D eigenvalue weighted by Crippen LogP contribution is 2.36. The van der Waals surface area contributed by atoms with E-state index in [1.807, 2.05) is 54.2 Å². The second kappa shape index (κ2) is 32.9. The Morgan fingerprint density at radius 3 is 1.34 bits per heavy atom. The van der Waals surface area contributed by atoms with Gasteiger partial charge >= 0.3 is 11.9 Å². The highest BCUT2D eigenvalue weighted by atomic mass is 32.2. The van der Waals surface area contributed by atoms with Crippen molar-refractivity contribution in [2.45, 2.75) is 161 Å². The van der Waals surface area contributed by atoms with E-state index < -0.39 is 12.1 Å². The summed E-state index contributed by atoms with van der Waals surface area (Å²) < 4.78 is 15.6. The minimum atomic E-state index is -0.879. The maximum absolute atomic E-state index is 11.7. The zero-order valence-corrected chi connectivity index (χ0v) is 39.3. The molecule has 0 amide bonds. The number of aliphatic hydroxyl groups excluding tert-OH is 4. The van der Waals surface area contributed by atoms with Crippen molar-refractivity contribution in [3.8, 4) is 0 Å². The average Bonchev–Trinajstić information content (AvgIpc) is 4.14. The number of benzene rings is 4. The van der Waals surface area contributed by atoms with Crippen LogP contribution < -0.4 is 0 Å². The van der Waals surface area contributed by atoms with Crippen LogP contribution in [0.15, 0.2) is 131 Å². The van der Waals surface area contributed by atoms with E-state index >= 15 is 0 Å². The van der Waals surface area contributed by atoms with Crippen molar-refractivity contribution in [2.75, 3.05) is 14.2 Å². The monoisotopic (exact) mass is 920 g/mol. The molecule has 4 aromatic carbocycles. The van der Waals surface area contributed by atoms with Gasteiger partial charge in [-0.05, 0) is 106 Å². The third-order valence-corrected chi connectivity index (χ3v) is 13.0. The van der Waals surface area contributed by atoms with Crippen molar-refractivity contribution in [1.82, 2.24) is 0 Å². The minimum absolute atomic E-state index is 0.103. The summed E-state index contributed by atoms with van der Waals surface area (Å²) in [6.45, 7) is 0. The van der Waals surface area contributed by atoms with Crippen LogP contribution in [-0.2, 0) is 14.2 Å². The van der Waals surface area contributed by atoms with Gasteiger partial charge in [-0.1, -0.05) is 118 Å². The van der Waals surface area contributed by atoms with Gasteiger partial charge in [0, 0.05) is 29.3 Å². The first-order valence-electron chi connectivity index (χ1n) is 22.8. The number of fused-ring (bicyclic) bond motifs is 1. The van der Waals surface area contributed by atoms with Crippen LogP contribution in [0, 0.1) is 0 Å². The Hall–Kier alpha value is -3.72. The van der Waals surface area contributed by atoms with Crippen molar-refractivity contribution in [2.24, 2.45) is 0 Å². The van der Waals surface area contributed by atoms with Gasteiger partial charge in [-0.3, -0.25) is 0 Å². The maximum Gasteiger partial charge on any atom is 0.338 e. The fraction of sp³-hybridized carbons (Fsp3) is 0.500. The number of hydrogen-bond acceptors (Lipinski definition) is 11. The Kier molecular flexibility index (Phi) is 28.0. The minimum Gasteiger partial charge on any atom is -0.478 e. The van der Waals surface area contributed by atoms with Crippen LogP contribution >= 0.6 is 24.4 Å². The van der Waals surface area contributed by atoms with Crippen molar-refractivity contribution in [1.29, 1.82) is 0 Å². The van der Waals surface area contributed by atoms with Crippen LogP contribution in [0.2, 0.25) is 0 Å². The number of carboxylic acids is 1. The molecule has 5 N–H and O–H groups in total. The normalized spacial score (nSPS) is 25.0. The summed E-state index contributed by atoms with van der Waals surface area (Å²) in [7, 11) is 2.67. The lowest BCUT2D eigenvalue weighted by Gasteiger charge is -2.27. The standard InChI is InChI=1S/C13H16O3.C12H16OS.C7H14O2.C7H6O2.C6H10O.C6H6S.CH4O/c14-11-8-4-5-9-12(11)16-13(15)10-6-2-1-3-7-10;13-11-8-4-5-9-12(11)14-10-6-2-1-3-7-10;1-9-7-5-3-2-4-6(7)8;8-7(9)6-4-2-1-3-5-6;1-2-4-6-5(3-1)7-6;7-6-4-2-1-3-5-6;1-2/h1-3,6-7,11-12,14H,4-5,8-9H2;1-3,6-7,11-13H,4-5,8-9H2;6-8H,2-5H2,1H3;1-5H,(H,8,9);5-6H,1-4H2;1-5,7H;2H,1H3/t2*11-,12-;6-,7-;;;;/m000..../s1. The lowest BCUT2D eigenvalue weighted by Crippen LogP contribution is -2.34. The predicted molar refractivity (Wildman–Crippen MR) is 258 cm³/mol. The topological polar surface area (TPSA) is 166 Å². The van der Waals surface area contributed by atoms with Crippen LogP contribution in [0.5, 0.6) is 0 Å². The van der Waals surface area contributed by atoms with E-state index in [2.05, 4.69) is 36.9 Å². The van der Waals surface area contributed by atoms with E-state index in [0.29, 0.717) is 28.6 Å². The number of thioether (sulfide) groups is 1. The van der Waals surface area contributed by atoms with E-state index in [9.17, 15) is 24.9 Å². The maximum atomic E-state index is 11.7. The second-order valence-electron chi connectivity index (χ2n) is 16.1. The van der Waals surface area contributed by atoms with E-state index in [0.717, 1.165) is 69.8 Å². The van der Waals surface area contributed by atoms with Crippen LogP contribution in [0.3, 0.4) is 0 Å². The Balaban J connectivity index is 0.000000208. The zero-order chi connectivity index (χ0) is 46.4. The van der Waals surface area contributed by atoms with Crippen molar-refractivity contribution >= 4 is 36.3 Å². The smallest absolute Gasteiger partial charge is 0.338 e. The Labute approximate surface area is 391 Å². The fourth-order valence-corrected chi connectivity index (χ4v) is 9.04. The zero-order valence-electron chi connectivity index (χ0n) is 37.6. The number of rotatable bonds is 6. The van der Waals surface area contributed by atoms with Gasteiger partial charge in [0.05, 0.1) is 47.8 Å². The molecule has 4 saturated carbocycles. The number of ether oxygens (including phenoxy) is 3. The lowest BCUT2D eigenvalue weighted by molar-refractivity contribution is -0.0360. The quantitative estimate of drug-likeness (QED) is 0.0619. The van der Waals surface area contributed by atoms with Crippen LogP contribution in [0.1, 0.15) is 123 Å². The van der Waals surface area contributed by atoms with Gasteiger partial charge in [0.1, 0.15) is 6.10 Å². The molecular formula is C52H72O10S2. The summed E-state index contributed by atoms with van der Waals surface area (Å²) in [4.78, 5) is 24.2. The number of thiol groups is 1. The van der Waals surface area contributed by atoms with Crippen LogP contribution in [0.25, 0.3) is 0 Å². The van der Waals surface area contributed by atoms with Crippen LogP contribution in [-0.4, -0.2) is 99.7 Å². The highest BCUT2D eigenvalue weighted by Gasteiger charge is 2.39. The Morgan fingerprint density at radius 1 is 0.547 bits per heavy atom. The Bertz CT molecular complexity index is 1760. The first-order valence-corrected chi connectivity index (χ1v) is 24.1. The van der Waals surface area contributed by atoms with Crippen molar-refractivity contribution < 1.29 is 49.3 Å². The third-order valence-electron chi connectivity index (χ3n) is 11.3. The van der Waals surface area contributed by atoms with Crippen molar-refractivity contribution in [3.63, 3.8) is 0 Å². The molecule has 5 fully saturated rings. The second-order valence-corrected chi connectivity index (χ2v) is 17.9. The van der Waals surface area contributed by atoms with Gasteiger partial charge in [0.2, 0.25) is 0 Å². The molecule has 4 aromatic rings. The van der Waals surface area contributed by atoms with E-state index in [1.54, 1.807) is 61.7 Å². The summed E-state index contributed by atoms with van der Waals surface area (Å²) in [6, 6.07) is 37.3. The predicted octanol–water partition coefficient (Wildman–Crippen LogP) is 10.5. The fourth-order valence-electron chi connectivity index (χ4n) is 7.62. The number of aromatic carboxylic acids is 1. The number of carboxylic acid groups (broad SMARTS) is 1. The molecule has 352 valence electrons. The van der Waals surface area contributed by atoms with Crippen LogP contribution in [0.4, 0.5) is 0 Å². The van der Waals surface area contributed by atoms with E-state index in [4.69, 9.17) is 24.4 Å². The molecule has 9 rings (SSSR count). The van der Waals surface area contributed by atoms with Gasteiger partial charge in [0.15, 0.2) is 0 Å². The third kappa shape index (κ3) is 22.5. The first-order chi connectivity index (χ1) is 31.1. The molecule has 8 atom stereocenters. The molecule has 4 aliphatic carbocycles. The number of carbonyl (C=O) groups is 2. The molecule has 1 aliphatic heterocycles. The van der Waals surface area contributed by atoms with Gasteiger partial charge in [-0.15, -0.1) is 24.4 Å². The molecule has 0 radical (unpaired) electrons. The molecule has 5 aliphatic rings. The van der Waals surface area contributed by atoms with Gasteiger partial charge < -0.3 is 39.7 Å². The number of methoxy groups -OCH3 is 1. The number of epoxide rings is 1. The summed E-state index contributed by atoms with van der Waals surface area (Å²) in [5, 5.41) is 44.5. The van der Waals surface area contributed by atoms with Crippen molar-refractivity contribution in [3.05, 3.63) is 132 Å². The Morgan fingerprint density at radius 2 is 0.953 bits per heavy atom. The summed E-state index contributed by atoms with van der Waals surface area (Å²) in [5.74, 6) is -1.22. The number of aliphatic hydroxyl groups is 4. The molecule has 2 unspecified atom stereocenters.